The van der Waals surface area contributed by atoms with Crippen LogP contribution in [0.15, 0.2) is 46.1 Å². The molecule has 0 fully saturated rings. The minimum absolute atomic E-state index is 0.806. The Balaban J connectivity index is 2.01. The quantitative estimate of drug-likeness (QED) is 0.906. The molecule has 3 rings (SSSR count). The molecule has 4 heteroatoms. The van der Waals surface area contributed by atoms with Gasteiger partial charge >= 0.3 is 0 Å². The molecule has 0 saturated carbocycles. The molecular weight excluding hydrogens is 268 g/mol. The zero-order valence-corrected chi connectivity index (χ0v) is 12.5. The first-order valence-corrected chi connectivity index (χ1v) is 7.32. The molecule has 102 valence electrons. The molecule has 0 bridgehead atoms. The van der Waals surface area contributed by atoms with Crippen molar-refractivity contribution in [2.75, 3.05) is 7.11 Å². The van der Waals surface area contributed by atoms with Crippen molar-refractivity contribution >= 4 is 23.1 Å². The Morgan fingerprint density at radius 3 is 2.80 bits per heavy atom. The van der Waals surface area contributed by atoms with Gasteiger partial charge in [-0.3, -0.25) is 0 Å². The zero-order chi connectivity index (χ0) is 14.1. The second-order valence-corrected chi connectivity index (χ2v) is 5.71. The Morgan fingerprint density at radius 2 is 2.20 bits per heavy atom. The molecule has 20 heavy (non-hydrogen) atoms. The standard InChI is InChI=1S/C16H16N2OS/c1-10-7-11(2)17-12(10)8-13-15(19-3)9-14(18-13)16-5-4-6-20-16/h4-9,17H,1-3H3/b13-8-. The van der Waals surface area contributed by atoms with E-state index >= 15 is 0 Å². The molecule has 1 aliphatic heterocycles. The minimum Gasteiger partial charge on any atom is -0.494 e. The van der Waals surface area contributed by atoms with Crippen molar-refractivity contribution in [3.05, 3.63) is 62.9 Å². The number of hydrogen-bond acceptors (Lipinski definition) is 3. The van der Waals surface area contributed by atoms with Gasteiger partial charge in [-0.15, -0.1) is 11.3 Å². The van der Waals surface area contributed by atoms with Gasteiger partial charge in [0.2, 0.25) is 0 Å². The molecule has 0 atom stereocenters. The number of aromatic nitrogens is 1. The summed E-state index contributed by atoms with van der Waals surface area (Å²) in [6.07, 6.45) is 4.03. The predicted molar refractivity (Wildman–Crippen MR) is 84.2 cm³/mol. The summed E-state index contributed by atoms with van der Waals surface area (Å²) in [5.41, 5.74) is 5.27. The number of allylic oxidation sites excluding steroid dienone is 1. The van der Waals surface area contributed by atoms with Gasteiger partial charge in [0.05, 0.1) is 17.7 Å². The maximum Gasteiger partial charge on any atom is 0.146 e. The van der Waals surface area contributed by atoms with E-state index in [1.54, 1.807) is 18.4 Å². The van der Waals surface area contributed by atoms with Gasteiger partial charge in [-0.25, -0.2) is 4.99 Å². The Kier molecular flexibility index (Phi) is 3.32. The third-order valence-corrected chi connectivity index (χ3v) is 4.12. The van der Waals surface area contributed by atoms with Crippen LogP contribution in [0.25, 0.3) is 6.08 Å². The van der Waals surface area contributed by atoms with Gasteiger partial charge in [0.15, 0.2) is 0 Å². The Morgan fingerprint density at radius 1 is 1.35 bits per heavy atom. The molecule has 0 spiro atoms. The van der Waals surface area contributed by atoms with Crippen LogP contribution >= 0.6 is 11.3 Å². The number of nitrogens with one attached hydrogen (secondary N) is 1. The van der Waals surface area contributed by atoms with E-state index in [9.17, 15) is 0 Å². The lowest BCUT2D eigenvalue weighted by molar-refractivity contribution is 0.303. The van der Waals surface area contributed by atoms with Crippen LogP contribution in [0.2, 0.25) is 0 Å². The second-order valence-electron chi connectivity index (χ2n) is 4.77. The van der Waals surface area contributed by atoms with Crippen molar-refractivity contribution in [3.8, 4) is 0 Å². The van der Waals surface area contributed by atoms with Crippen molar-refractivity contribution in [2.45, 2.75) is 13.8 Å². The number of thiophene rings is 1. The normalized spacial score (nSPS) is 16.4. The number of aliphatic imine (C=N–C) groups is 1. The van der Waals surface area contributed by atoms with E-state index in [2.05, 4.69) is 41.3 Å². The molecule has 1 N–H and O–H groups in total. The van der Waals surface area contributed by atoms with E-state index in [0.717, 1.165) is 33.4 Å². The zero-order valence-electron chi connectivity index (χ0n) is 11.7. The maximum absolute atomic E-state index is 5.44. The molecule has 3 nitrogen and oxygen atoms in total. The summed E-state index contributed by atoms with van der Waals surface area (Å²) in [5.74, 6) is 0.806. The second kappa shape index (κ2) is 5.13. The average Bonchev–Trinajstić information content (AvgIpc) is 3.11. The fourth-order valence-corrected chi connectivity index (χ4v) is 2.96. The molecule has 0 aliphatic carbocycles. The molecule has 0 amide bonds. The largest absolute Gasteiger partial charge is 0.494 e. The van der Waals surface area contributed by atoms with Crippen molar-refractivity contribution in [1.82, 2.24) is 4.98 Å². The average molecular weight is 284 g/mol. The third-order valence-electron chi connectivity index (χ3n) is 3.23. The smallest absolute Gasteiger partial charge is 0.146 e. The number of aryl methyl sites for hydroxylation is 2. The van der Waals surface area contributed by atoms with Gasteiger partial charge in [-0.05, 0) is 43.0 Å². The predicted octanol–water partition coefficient (Wildman–Crippen LogP) is 4.07. The molecular formula is C16H16N2OS. The Bertz CT molecular complexity index is 718. The summed E-state index contributed by atoms with van der Waals surface area (Å²) in [6.45, 7) is 4.14. The van der Waals surface area contributed by atoms with E-state index < -0.39 is 0 Å². The lowest BCUT2D eigenvalue weighted by Crippen LogP contribution is -1.88. The fourth-order valence-electron chi connectivity index (χ4n) is 2.27. The number of ether oxygens (including phenoxy) is 1. The molecule has 0 aromatic carbocycles. The van der Waals surface area contributed by atoms with Gasteiger partial charge in [0.25, 0.3) is 0 Å². The number of rotatable bonds is 3. The number of methoxy groups -OCH3 is 1. The van der Waals surface area contributed by atoms with E-state index in [-0.39, 0.29) is 0 Å². The molecule has 0 radical (unpaired) electrons. The van der Waals surface area contributed by atoms with Crippen LogP contribution in [0.5, 0.6) is 0 Å². The summed E-state index contributed by atoms with van der Waals surface area (Å²) in [6, 6.07) is 6.23. The maximum atomic E-state index is 5.44. The molecule has 2 aromatic rings. The summed E-state index contributed by atoms with van der Waals surface area (Å²) < 4.78 is 5.44. The fraction of sp³-hybridized carbons (Fsp3) is 0.188. The van der Waals surface area contributed by atoms with Crippen molar-refractivity contribution in [2.24, 2.45) is 4.99 Å². The lowest BCUT2D eigenvalue weighted by Gasteiger charge is -2.01. The first-order valence-electron chi connectivity index (χ1n) is 6.44. The highest BCUT2D eigenvalue weighted by Crippen LogP contribution is 2.27. The monoisotopic (exact) mass is 284 g/mol. The van der Waals surface area contributed by atoms with Gasteiger partial charge in [0.1, 0.15) is 11.5 Å². The van der Waals surface area contributed by atoms with Gasteiger partial charge in [-0.2, -0.15) is 0 Å². The van der Waals surface area contributed by atoms with E-state index in [1.165, 1.54) is 5.56 Å². The van der Waals surface area contributed by atoms with E-state index in [4.69, 9.17) is 4.74 Å². The van der Waals surface area contributed by atoms with E-state index in [1.807, 2.05) is 18.2 Å². The number of aromatic amines is 1. The highest BCUT2D eigenvalue weighted by molar-refractivity contribution is 7.12. The van der Waals surface area contributed by atoms with Gasteiger partial charge < -0.3 is 9.72 Å². The highest BCUT2D eigenvalue weighted by atomic mass is 32.1. The van der Waals surface area contributed by atoms with Crippen molar-refractivity contribution in [1.29, 1.82) is 0 Å². The van der Waals surface area contributed by atoms with Crippen LogP contribution in [-0.4, -0.2) is 17.8 Å². The Labute approximate surface area is 122 Å². The van der Waals surface area contributed by atoms with Crippen LogP contribution in [-0.2, 0) is 4.74 Å². The number of H-pyrrole nitrogens is 1. The van der Waals surface area contributed by atoms with Gasteiger partial charge in [0, 0.05) is 17.5 Å². The molecule has 3 heterocycles. The molecule has 2 aromatic heterocycles. The topological polar surface area (TPSA) is 37.4 Å². The molecule has 0 saturated heterocycles. The third kappa shape index (κ3) is 2.34. The van der Waals surface area contributed by atoms with Crippen LogP contribution in [0.3, 0.4) is 0 Å². The number of hydrogen-bond donors (Lipinski definition) is 1. The van der Waals surface area contributed by atoms with Crippen LogP contribution in [0.1, 0.15) is 21.8 Å². The first-order chi connectivity index (χ1) is 9.67. The van der Waals surface area contributed by atoms with Crippen molar-refractivity contribution < 1.29 is 4.74 Å². The molecule has 1 aliphatic rings. The molecule has 0 unspecified atom stereocenters. The van der Waals surface area contributed by atoms with Gasteiger partial charge in [-0.1, -0.05) is 6.07 Å². The van der Waals surface area contributed by atoms with Crippen LogP contribution in [0, 0.1) is 13.8 Å². The number of nitrogens with zero attached hydrogens (tertiary/aromatic N) is 1. The van der Waals surface area contributed by atoms with Crippen molar-refractivity contribution in [3.63, 3.8) is 0 Å². The summed E-state index contributed by atoms with van der Waals surface area (Å²) in [5, 5.41) is 2.05. The minimum atomic E-state index is 0.806. The summed E-state index contributed by atoms with van der Waals surface area (Å²) in [4.78, 5) is 9.17. The van der Waals surface area contributed by atoms with Crippen LogP contribution < -0.4 is 0 Å². The Hall–Kier alpha value is -2.07. The SMILES string of the molecule is COC1=CC(c2cccs2)=N/C1=C\c1[nH]c(C)cc1C. The first kappa shape index (κ1) is 12.9. The highest BCUT2D eigenvalue weighted by Gasteiger charge is 2.17. The lowest BCUT2D eigenvalue weighted by atomic mass is 10.2. The van der Waals surface area contributed by atoms with Crippen LogP contribution in [0.4, 0.5) is 0 Å². The van der Waals surface area contributed by atoms with E-state index in [0.29, 0.717) is 0 Å². The summed E-state index contributed by atoms with van der Waals surface area (Å²) in [7, 11) is 1.68. The summed E-state index contributed by atoms with van der Waals surface area (Å²) >= 11 is 1.68.